The minimum atomic E-state index is -0.477. The van der Waals surface area contributed by atoms with Crippen LogP contribution in [0.2, 0.25) is 0 Å². The van der Waals surface area contributed by atoms with Gasteiger partial charge >= 0.3 is 5.97 Å². The first-order valence-corrected chi connectivity index (χ1v) is 11.0. The third-order valence-electron chi connectivity index (χ3n) is 6.09. The van der Waals surface area contributed by atoms with Crippen molar-refractivity contribution in [3.8, 4) is 11.1 Å². The Kier molecular flexibility index (Phi) is 5.71. The molecule has 5 nitrogen and oxygen atoms in total. The van der Waals surface area contributed by atoms with E-state index in [1.807, 2.05) is 73.8 Å². The summed E-state index contributed by atoms with van der Waals surface area (Å²) in [6.07, 6.45) is 0.781. The number of esters is 1. The maximum absolute atomic E-state index is 13.2. The van der Waals surface area contributed by atoms with Gasteiger partial charge in [0, 0.05) is 41.7 Å². The van der Waals surface area contributed by atoms with Crippen LogP contribution in [0.25, 0.3) is 22.0 Å². The largest absolute Gasteiger partial charge is 0.454 e. The number of para-hydroxylation sites is 1. The summed E-state index contributed by atoms with van der Waals surface area (Å²) in [6, 6.07) is 24.9. The van der Waals surface area contributed by atoms with Gasteiger partial charge < -0.3 is 9.64 Å². The Balaban J connectivity index is 1.36. The van der Waals surface area contributed by atoms with Crippen LogP contribution >= 0.6 is 0 Å². The molecule has 5 heteroatoms. The number of carbonyl (C=O) groups is 2. The predicted molar refractivity (Wildman–Crippen MR) is 128 cm³/mol. The molecule has 0 aliphatic carbocycles. The molecule has 0 saturated heterocycles. The first-order chi connectivity index (χ1) is 16.1. The van der Waals surface area contributed by atoms with Gasteiger partial charge in [0.15, 0.2) is 12.4 Å². The SMILES string of the molecule is CN1CCc2nc3ccccc3c(C(=O)OCC(=O)c3ccc(-c4ccccc4)cc3)c2C1. The molecular formula is C28H24N2O3. The van der Waals surface area contributed by atoms with Crippen molar-refractivity contribution in [3.63, 3.8) is 0 Å². The number of ketones is 1. The summed E-state index contributed by atoms with van der Waals surface area (Å²) in [4.78, 5) is 32.9. The van der Waals surface area contributed by atoms with Crippen LogP contribution in [0.15, 0.2) is 78.9 Å². The molecule has 1 aromatic heterocycles. The van der Waals surface area contributed by atoms with Crippen LogP contribution in [0, 0.1) is 0 Å². The van der Waals surface area contributed by atoms with Gasteiger partial charge in [-0.3, -0.25) is 9.78 Å². The number of ether oxygens (including phenoxy) is 1. The topological polar surface area (TPSA) is 59.5 Å². The molecule has 0 atom stereocenters. The quantitative estimate of drug-likeness (QED) is 0.328. The summed E-state index contributed by atoms with van der Waals surface area (Å²) in [5.41, 5.74) is 5.76. The molecule has 0 unspecified atom stereocenters. The third kappa shape index (κ3) is 4.28. The number of aromatic nitrogens is 1. The Morgan fingerprint density at radius 2 is 1.61 bits per heavy atom. The lowest BCUT2D eigenvalue weighted by Crippen LogP contribution is -2.29. The first-order valence-electron chi connectivity index (χ1n) is 11.0. The number of fused-ring (bicyclic) bond motifs is 2. The van der Waals surface area contributed by atoms with Gasteiger partial charge in [-0.05, 0) is 24.2 Å². The molecule has 2 heterocycles. The summed E-state index contributed by atoms with van der Waals surface area (Å²) in [7, 11) is 2.02. The fourth-order valence-electron chi connectivity index (χ4n) is 4.32. The van der Waals surface area contributed by atoms with E-state index in [1.165, 1.54) is 0 Å². The molecule has 4 aromatic rings. The molecule has 33 heavy (non-hydrogen) atoms. The minimum absolute atomic E-state index is 0.229. The van der Waals surface area contributed by atoms with Gasteiger partial charge in [-0.15, -0.1) is 0 Å². The van der Waals surface area contributed by atoms with Crippen LogP contribution in [-0.4, -0.2) is 41.8 Å². The highest BCUT2D eigenvalue weighted by molar-refractivity contribution is 6.06. The van der Waals surface area contributed by atoms with E-state index in [2.05, 4.69) is 4.90 Å². The van der Waals surface area contributed by atoms with Crippen LogP contribution in [0.4, 0.5) is 0 Å². The highest BCUT2D eigenvalue weighted by Crippen LogP contribution is 2.28. The molecule has 0 N–H and O–H groups in total. The second kappa shape index (κ2) is 8.96. The van der Waals surface area contributed by atoms with Crippen LogP contribution in [-0.2, 0) is 17.7 Å². The monoisotopic (exact) mass is 436 g/mol. The van der Waals surface area contributed by atoms with E-state index < -0.39 is 5.97 Å². The summed E-state index contributed by atoms with van der Waals surface area (Å²) in [5.74, 6) is -0.707. The molecule has 3 aromatic carbocycles. The standard InChI is InChI=1S/C28H24N2O3/c1-30-16-15-25-23(17-30)27(22-9-5-6-10-24(22)29-25)28(32)33-18-26(31)21-13-11-20(12-14-21)19-7-3-2-4-8-19/h2-14H,15-18H2,1H3. The Morgan fingerprint density at radius 1 is 0.909 bits per heavy atom. The van der Waals surface area contributed by atoms with Crippen molar-refractivity contribution in [2.45, 2.75) is 13.0 Å². The molecule has 5 rings (SSSR count). The Morgan fingerprint density at radius 3 is 2.39 bits per heavy atom. The Bertz CT molecular complexity index is 1330. The zero-order chi connectivity index (χ0) is 22.8. The lowest BCUT2D eigenvalue weighted by molar-refractivity contribution is 0.0474. The predicted octanol–water partition coefficient (Wildman–Crippen LogP) is 4.93. The van der Waals surface area contributed by atoms with E-state index in [4.69, 9.17) is 9.72 Å². The molecule has 1 aliphatic rings. The van der Waals surface area contributed by atoms with Crippen LogP contribution in [0.5, 0.6) is 0 Å². The molecular weight excluding hydrogens is 412 g/mol. The molecule has 1 aliphatic heterocycles. The average molecular weight is 437 g/mol. The summed E-state index contributed by atoms with van der Waals surface area (Å²) in [5, 5.41) is 0.760. The molecule has 0 spiro atoms. The minimum Gasteiger partial charge on any atom is -0.454 e. The zero-order valence-electron chi connectivity index (χ0n) is 18.5. The normalized spacial score (nSPS) is 13.5. The van der Waals surface area contributed by atoms with Crippen molar-refractivity contribution in [3.05, 3.63) is 101 Å². The number of rotatable bonds is 5. The zero-order valence-corrected chi connectivity index (χ0v) is 18.5. The molecule has 0 saturated carbocycles. The maximum atomic E-state index is 13.2. The van der Waals surface area contributed by atoms with Gasteiger partial charge in [-0.2, -0.15) is 0 Å². The van der Waals surface area contributed by atoms with Gasteiger partial charge in [0.05, 0.1) is 11.1 Å². The van der Waals surface area contributed by atoms with E-state index in [1.54, 1.807) is 12.1 Å². The van der Waals surface area contributed by atoms with Crippen LogP contribution in [0.1, 0.15) is 32.0 Å². The number of pyridine rings is 1. The van der Waals surface area contributed by atoms with Gasteiger partial charge in [0.25, 0.3) is 0 Å². The number of hydrogen-bond acceptors (Lipinski definition) is 5. The van der Waals surface area contributed by atoms with E-state index >= 15 is 0 Å². The Hall–Kier alpha value is -3.83. The first kappa shape index (κ1) is 21.0. The van der Waals surface area contributed by atoms with E-state index in [9.17, 15) is 9.59 Å². The number of benzene rings is 3. The van der Waals surface area contributed by atoms with Crippen molar-refractivity contribution < 1.29 is 14.3 Å². The lowest BCUT2D eigenvalue weighted by Gasteiger charge is -2.26. The smallest absolute Gasteiger partial charge is 0.339 e. The van der Waals surface area contributed by atoms with Crippen molar-refractivity contribution in [1.82, 2.24) is 9.88 Å². The molecule has 0 fully saturated rings. The summed E-state index contributed by atoms with van der Waals surface area (Å²) in [6.45, 7) is 1.22. The lowest BCUT2D eigenvalue weighted by atomic mass is 9.96. The van der Waals surface area contributed by atoms with Gasteiger partial charge in [-0.25, -0.2) is 4.79 Å². The number of carbonyl (C=O) groups excluding carboxylic acids is 2. The number of nitrogens with zero attached hydrogens (tertiary/aromatic N) is 2. The van der Waals surface area contributed by atoms with Crippen molar-refractivity contribution in [1.29, 1.82) is 0 Å². The van der Waals surface area contributed by atoms with Gasteiger partial charge in [0.1, 0.15) is 0 Å². The highest BCUT2D eigenvalue weighted by Gasteiger charge is 2.25. The fraction of sp³-hybridized carbons (Fsp3) is 0.179. The van der Waals surface area contributed by atoms with Gasteiger partial charge in [-0.1, -0.05) is 72.8 Å². The van der Waals surface area contributed by atoms with E-state index in [-0.39, 0.29) is 12.4 Å². The van der Waals surface area contributed by atoms with Gasteiger partial charge in [0.2, 0.25) is 0 Å². The summed E-state index contributed by atoms with van der Waals surface area (Å²) >= 11 is 0. The Labute approximate surface area is 192 Å². The van der Waals surface area contributed by atoms with Crippen molar-refractivity contribution in [2.24, 2.45) is 0 Å². The second-order valence-electron chi connectivity index (χ2n) is 8.36. The molecule has 164 valence electrons. The third-order valence-corrected chi connectivity index (χ3v) is 6.09. The fourth-order valence-corrected chi connectivity index (χ4v) is 4.32. The molecule has 0 bridgehead atoms. The number of Topliss-reactive ketones (excluding diaryl/α,β-unsaturated/α-hetero) is 1. The van der Waals surface area contributed by atoms with Crippen molar-refractivity contribution >= 4 is 22.7 Å². The molecule has 0 amide bonds. The van der Waals surface area contributed by atoms with E-state index in [0.29, 0.717) is 17.7 Å². The second-order valence-corrected chi connectivity index (χ2v) is 8.36. The average Bonchev–Trinajstić information content (AvgIpc) is 2.86. The van der Waals surface area contributed by atoms with Crippen LogP contribution < -0.4 is 0 Å². The summed E-state index contributed by atoms with van der Waals surface area (Å²) < 4.78 is 5.53. The van der Waals surface area contributed by atoms with E-state index in [0.717, 1.165) is 46.3 Å². The highest BCUT2D eigenvalue weighted by atomic mass is 16.5. The number of hydrogen-bond donors (Lipinski definition) is 0. The number of likely N-dealkylation sites (N-methyl/N-ethyl adjacent to an activating group) is 1. The maximum Gasteiger partial charge on any atom is 0.339 e. The van der Waals surface area contributed by atoms with Crippen molar-refractivity contribution in [2.75, 3.05) is 20.2 Å². The van der Waals surface area contributed by atoms with Crippen LogP contribution in [0.3, 0.4) is 0 Å². The molecule has 0 radical (unpaired) electrons.